The number of hydrogen-bond donors (Lipinski definition) is 2. The summed E-state index contributed by atoms with van der Waals surface area (Å²) >= 11 is 0. The fraction of sp³-hybridized carbons (Fsp3) is 0.385. The highest BCUT2D eigenvalue weighted by Gasteiger charge is 2.32. The Balaban J connectivity index is 1.85. The van der Waals surface area contributed by atoms with Crippen molar-refractivity contribution in [1.82, 2.24) is 20.2 Å². The SMILES string of the molecule is NC(CCN(c1nnnn1-c1ccccc1)C1CC1)=NO. The van der Waals surface area contributed by atoms with E-state index in [1.807, 2.05) is 30.3 Å². The maximum Gasteiger partial charge on any atom is 0.250 e. The van der Waals surface area contributed by atoms with E-state index in [0.29, 0.717) is 25.0 Å². The van der Waals surface area contributed by atoms with Crippen molar-refractivity contribution in [1.29, 1.82) is 0 Å². The minimum atomic E-state index is 0.208. The van der Waals surface area contributed by atoms with Crippen molar-refractivity contribution in [2.24, 2.45) is 10.9 Å². The van der Waals surface area contributed by atoms with Crippen LogP contribution in [-0.2, 0) is 0 Å². The Bertz CT molecular complexity index is 620. The lowest BCUT2D eigenvalue weighted by Gasteiger charge is -2.22. The molecule has 0 amide bonds. The van der Waals surface area contributed by atoms with Gasteiger partial charge in [-0.25, -0.2) is 0 Å². The van der Waals surface area contributed by atoms with Crippen LogP contribution in [0.15, 0.2) is 35.5 Å². The number of hydrogen-bond acceptors (Lipinski definition) is 6. The highest BCUT2D eigenvalue weighted by molar-refractivity contribution is 5.80. The fourth-order valence-electron chi connectivity index (χ4n) is 2.21. The number of tetrazole rings is 1. The Morgan fingerprint density at radius 1 is 1.38 bits per heavy atom. The standard InChI is InChI=1S/C13H17N7O/c14-12(16-21)8-9-19(10-6-7-10)13-15-17-18-20(13)11-4-2-1-3-5-11/h1-5,10,21H,6-9H2,(H2,14,16). The van der Waals surface area contributed by atoms with Crippen LogP contribution in [0.25, 0.3) is 5.69 Å². The zero-order chi connectivity index (χ0) is 14.7. The van der Waals surface area contributed by atoms with Crippen molar-refractivity contribution in [3.63, 3.8) is 0 Å². The molecule has 3 N–H and O–H groups in total. The topological polar surface area (TPSA) is 105 Å². The molecule has 8 nitrogen and oxygen atoms in total. The van der Waals surface area contributed by atoms with Gasteiger partial charge in [0.25, 0.3) is 5.95 Å². The summed E-state index contributed by atoms with van der Waals surface area (Å²) in [5.41, 5.74) is 6.47. The molecule has 1 aliphatic carbocycles. The summed E-state index contributed by atoms with van der Waals surface area (Å²) in [7, 11) is 0. The summed E-state index contributed by atoms with van der Waals surface area (Å²) in [4.78, 5) is 2.12. The maximum absolute atomic E-state index is 8.66. The van der Waals surface area contributed by atoms with E-state index in [1.54, 1.807) is 4.68 Å². The minimum Gasteiger partial charge on any atom is -0.409 e. The van der Waals surface area contributed by atoms with Gasteiger partial charge in [-0.3, -0.25) is 0 Å². The van der Waals surface area contributed by atoms with Gasteiger partial charge in [0.15, 0.2) is 0 Å². The first-order chi connectivity index (χ1) is 10.3. The van der Waals surface area contributed by atoms with Crippen LogP contribution >= 0.6 is 0 Å². The molecule has 1 saturated carbocycles. The molecule has 0 spiro atoms. The van der Waals surface area contributed by atoms with Gasteiger partial charge in [-0.05, 0) is 35.4 Å². The predicted molar refractivity (Wildman–Crippen MR) is 77.5 cm³/mol. The van der Waals surface area contributed by atoms with Gasteiger partial charge in [0.1, 0.15) is 5.84 Å². The number of amidine groups is 1. The molecule has 1 aliphatic rings. The third-order valence-electron chi connectivity index (χ3n) is 3.44. The second-order valence-electron chi connectivity index (χ2n) is 4.99. The van der Waals surface area contributed by atoms with E-state index >= 15 is 0 Å². The molecule has 0 bridgehead atoms. The minimum absolute atomic E-state index is 0.208. The third-order valence-corrected chi connectivity index (χ3v) is 3.44. The summed E-state index contributed by atoms with van der Waals surface area (Å²) in [6.07, 6.45) is 2.68. The molecule has 0 saturated heterocycles. The van der Waals surface area contributed by atoms with Gasteiger partial charge in [0.05, 0.1) is 5.69 Å². The second-order valence-corrected chi connectivity index (χ2v) is 4.99. The number of para-hydroxylation sites is 1. The Morgan fingerprint density at radius 2 is 2.14 bits per heavy atom. The second kappa shape index (κ2) is 5.78. The molecule has 1 fully saturated rings. The average Bonchev–Trinajstić information content (AvgIpc) is 3.25. The van der Waals surface area contributed by atoms with Crippen LogP contribution in [-0.4, -0.2) is 43.8 Å². The molecule has 0 radical (unpaired) electrons. The molecule has 3 rings (SSSR count). The van der Waals surface area contributed by atoms with E-state index in [0.717, 1.165) is 18.5 Å². The highest BCUT2D eigenvalue weighted by Crippen LogP contribution is 2.31. The lowest BCUT2D eigenvalue weighted by Crippen LogP contribution is -2.32. The molecular weight excluding hydrogens is 270 g/mol. The fourth-order valence-corrected chi connectivity index (χ4v) is 2.21. The summed E-state index contributed by atoms with van der Waals surface area (Å²) in [5.74, 6) is 0.897. The lowest BCUT2D eigenvalue weighted by atomic mass is 10.3. The number of nitrogens with zero attached hydrogens (tertiary/aromatic N) is 6. The largest absolute Gasteiger partial charge is 0.409 e. The lowest BCUT2D eigenvalue weighted by molar-refractivity contribution is 0.317. The van der Waals surface area contributed by atoms with Crippen molar-refractivity contribution in [2.45, 2.75) is 25.3 Å². The Labute approximate surface area is 121 Å². The monoisotopic (exact) mass is 287 g/mol. The quantitative estimate of drug-likeness (QED) is 0.352. The van der Waals surface area contributed by atoms with E-state index in [-0.39, 0.29) is 5.84 Å². The van der Waals surface area contributed by atoms with E-state index < -0.39 is 0 Å². The number of nitrogens with two attached hydrogens (primary N) is 1. The molecule has 2 aromatic rings. The highest BCUT2D eigenvalue weighted by atomic mass is 16.4. The Morgan fingerprint density at radius 3 is 2.81 bits per heavy atom. The number of benzene rings is 1. The molecule has 1 heterocycles. The molecule has 1 aromatic carbocycles. The van der Waals surface area contributed by atoms with Gasteiger partial charge in [-0.1, -0.05) is 28.5 Å². The summed E-state index contributed by atoms with van der Waals surface area (Å²) < 4.78 is 1.71. The first kappa shape index (κ1) is 13.3. The first-order valence-electron chi connectivity index (χ1n) is 6.86. The van der Waals surface area contributed by atoms with Gasteiger partial charge < -0.3 is 15.8 Å². The molecule has 0 aliphatic heterocycles. The summed E-state index contributed by atoms with van der Waals surface area (Å²) in [6, 6.07) is 10.2. The van der Waals surface area contributed by atoms with Crippen LogP contribution in [0.4, 0.5) is 5.95 Å². The van der Waals surface area contributed by atoms with Crippen molar-refractivity contribution in [2.75, 3.05) is 11.4 Å². The molecule has 8 heteroatoms. The number of aromatic nitrogens is 4. The molecular formula is C13H17N7O. The van der Waals surface area contributed by atoms with Crippen LogP contribution in [0.3, 0.4) is 0 Å². The van der Waals surface area contributed by atoms with Crippen LogP contribution in [0, 0.1) is 0 Å². The maximum atomic E-state index is 8.66. The Hall–Kier alpha value is -2.64. The first-order valence-corrected chi connectivity index (χ1v) is 6.86. The average molecular weight is 287 g/mol. The smallest absolute Gasteiger partial charge is 0.250 e. The number of oxime groups is 1. The number of anilines is 1. The molecule has 0 unspecified atom stereocenters. The van der Waals surface area contributed by atoms with Crippen molar-refractivity contribution < 1.29 is 5.21 Å². The zero-order valence-electron chi connectivity index (χ0n) is 11.5. The number of rotatable bonds is 6. The molecule has 21 heavy (non-hydrogen) atoms. The van der Waals surface area contributed by atoms with Gasteiger partial charge in [0, 0.05) is 19.0 Å². The van der Waals surface area contributed by atoms with Gasteiger partial charge in [-0.2, -0.15) is 4.68 Å². The van der Waals surface area contributed by atoms with Crippen molar-refractivity contribution in [3.8, 4) is 5.69 Å². The Kier molecular flexibility index (Phi) is 3.67. The van der Waals surface area contributed by atoms with E-state index in [9.17, 15) is 0 Å². The van der Waals surface area contributed by atoms with Gasteiger partial charge in [0.2, 0.25) is 0 Å². The van der Waals surface area contributed by atoms with Crippen LogP contribution in [0.5, 0.6) is 0 Å². The summed E-state index contributed by atoms with van der Waals surface area (Å²) in [6.45, 7) is 0.619. The molecule has 110 valence electrons. The van der Waals surface area contributed by atoms with Crippen LogP contribution in [0.1, 0.15) is 19.3 Å². The molecule has 0 atom stereocenters. The van der Waals surface area contributed by atoms with E-state index in [4.69, 9.17) is 10.9 Å². The van der Waals surface area contributed by atoms with Crippen molar-refractivity contribution >= 4 is 11.8 Å². The van der Waals surface area contributed by atoms with Crippen LogP contribution < -0.4 is 10.6 Å². The normalized spacial score (nSPS) is 15.1. The molecule has 1 aromatic heterocycles. The summed E-state index contributed by atoms with van der Waals surface area (Å²) in [5, 5.41) is 23.7. The third kappa shape index (κ3) is 2.93. The van der Waals surface area contributed by atoms with Gasteiger partial charge >= 0.3 is 0 Å². The van der Waals surface area contributed by atoms with E-state index in [1.165, 1.54) is 0 Å². The zero-order valence-corrected chi connectivity index (χ0v) is 11.5. The predicted octanol–water partition coefficient (Wildman–Crippen LogP) is 0.768. The van der Waals surface area contributed by atoms with Gasteiger partial charge in [-0.15, -0.1) is 0 Å². The van der Waals surface area contributed by atoms with E-state index in [2.05, 4.69) is 25.6 Å². The van der Waals surface area contributed by atoms with Crippen LogP contribution in [0.2, 0.25) is 0 Å². The van der Waals surface area contributed by atoms with Crippen molar-refractivity contribution in [3.05, 3.63) is 30.3 Å².